The molecule has 0 atom stereocenters. The molecule has 5 nitrogen and oxygen atoms in total. The summed E-state index contributed by atoms with van der Waals surface area (Å²) in [6.07, 6.45) is 1.06. The van der Waals surface area contributed by atoms with E-state index in [1.54, 1.807) is 12.1 Å². The highest BCUT2D eigenvalue weighted by atomic mass is 32.2. The fourth-order valence-corrected chi connectivity index (χ4v) is 5.04. The molecule has 1 fully saturated rings. The Morgan fingerprint density at radius 2 is 1.57 bits per heavy atom. The maximum Gasteiger partial charge on any atom is 0.243 e. The Morgan fingerprint density at radius 1 is 0.929 bits per heavy atom. The molecule has 2 aromatic rings. The first kappa shape index (κ1) is 20.6. The number of carbonyl (C=O) groups is 1. The minimum absolute atomic E-state index is 0.0306. The van der Waals surface area contributed by atoms with Crippen molar-refractivity contribution < 1.29 is 13.2 Å². The van der Waals surface area contributed by atoms with Gasteiger partial charge in [0.05, 0.1) is 4.90 Å². The van der Waals surface area contributed by atoms with E-state index in [1.165, 1.54) is 4.31 Å². The van der Waals surface area contributed by atoms with Crippen LogP contribution in [0.5, 0.6) is 0 Å². The lowest BCUT2D eigenvalue weighted by atomic mass is 9.97. The van der Waals surface area contributed by atoms with Crippen LogP contribution in [0.3, 0.4) is 0 Å². The van der Waals surface area contributed by atoms with Gasteiger partial charge in [-0.3, -0.25) is 4.79 Å². The average Bonchev–Trinajstić information content (AvgIpc) is 2.67. The highest BCUT2D eigenvalue weighted by molar-refractivity contribution is 7.89. The van der Waals surface area contributed by atoms with Gasteiger partial charge in [0.25, 0.3) is 0 Å². The molecule has 0 bridgehead atoms. The first-order valence-corrected chi connectivity index (χ1v) is 11.1. The van der Waals surface area contributed by atoms with Gasteiger partial charge in [-0.1, -0.05) is 18.2 Å². The number of hydrogen-bond donors (Lipinski definition) is 1. The van der Waals surface area contributed by atoms with E-state index in [4.69, 9.17) is 0 Å². The van der Waals surface area contributed by atoms with Gasteiger partial charge in [-0.25, -0.2) is 8.42 Å². The van der Waals surface area contributed by atoms with E-state index in [0.717, 1.165) is 27.9 Å². The predicted molar refractivity (Wildman–Crippen MR) is 112 cm³/mol. The summed E-state index contributed by atoms with van der Waals surface area (Å²) in [6.45, 7) is 8.56. The molecule has 0 aromatic heterocycles. The average molecular weight is 401 g/mol. The minimum Gasteiger partial charge on any atom is -0.326 e. The van der Waals surface area contributed by atoms with E-state index in [1.807, 2.05) is 52.0 Å². The molecule has 1 heterocycles. The lowest BCUT2D eigenvalue weighted by Crippen LogP contribution is -2.41. The molecule has 0 unspecified atom stereocenters. The Bertz CT molecular complexity index is 991. The van der Waals surface area contributed by atoms with Crippen LogP contribution in [-0.2, 0) is 14.8 Å². The van der Waals surface area contributed by atoms with Gasteiger partial charge in [0, 0.05) is 24.7 Å². The summed E-state index contributed by atoms with van der Waals surface area (Å²) in [6, 6.07) is 11.2. The molecule has 0 saturated carbocycles. The number of sulfonamides is 1. The summed E-state index contributed by atoms with van der Waals surface area (Å²) in [4.78, 5) is 13.0. The van der Waals surface area contributed by atoms with Crippen LogP contribution in [0.1, 0.15) is 35.1 Å². The summed E-state index contributed by atoms with van der Waals surface area (Å²) in [5.74, 6) is -0.206. The fraction of sp³-hybridized carbons (Fsp3) is 0.409. The van der Waals surface area contributed by atoms with Gasteiger partial charge < -0.3 is 5.32 Å². The quantitative estimate of drug-likeness (QED) is 0.845. The zero-order chi connectivity index (χ0) is 20.5. The molecule has 0 aliphatic carbocycles. The van der Waals surface area contributed by atoms with Gasteiger partial charge in [-0.2, -0.15) is 4.31 Å². The number of benzene rings is 2. The number of amides is 1. The SMILES string of the molecule is Cc1ccc(C)c(NC(=O)C2CCN(S(=O)(=O)c3ccc(C)c(C)c3)CC2)c1. The van der Waals surface area contributed by atoms with E-state index in [0.29, 0.717) is 30.8 Å². The number of rotatable bonds is 4. The molecule has 150 valence electrons. The van der Waals surface area contributed by atoms with E-state index in [9.17, 15) is 13.2 Å². The molecule has 1 aliphatic heterocycles. The molecule has 0 spiro atoms. The van der Waals surface area contributed by atoms with Crippen molar-refractivity contribution in [2.24, 2.45) is 5.92 Å². The molecule has 1 aliphatic rings. The standard InChI is InChI=1S/C22H28N2O3S/c1-15-5-6-17(3)21(13-15)23-22(25)19-9-11-24(12-10-19)28(26,27)20-8-7-16(2)18(4)14-20/h5-8,13-14,19H,9-12H2,1-4H3,(H,23,25). The molecule has 1 N–H and O–H groups in total. The van der Waals surface area contributed by atoms with Crippen molar-refractivity contribution in [3.8, 4) is 0 Å². The molecular weight excluding hydrogens is 372 g/mol. The van der Waals surface area contributed by atoms with Crippen molar-refractivity contribution in [2.45, 2.75) is 45.4 Å². The molecule has 6 heteroatoms. The molecular formula is C22H28N2O3S. The number of anilines is 1. The highest BCUT2D eigenvalue weighted by Crippen LogP contribution is 2.26. The van der Waals surface area contributed by atoms with Crippen LogP contribution < -0.4 is 5.32 Å². The molecule has 1 amide bonds. The third-order valence-corrected chi connectivity index (χ3v) is 7.49. The molecule has 1 saturated heterocycles. The number of hydrogen-bond acceptors (Lipinski definition) is 3. The summed E-state index contributed by atoms with van der Waals surface area (Å²) < 4.78 is 27.4. The van der Waals surface area contributed by atoms with Gasteiger partial charge in [0.2, 0.25) is 15.9 Å². The normalized spacial score (nSPS) is 16.1. The van der Waals surface area contributed by atoms with E-state index in [2.05, 4.69) is 5.32 Å². The number of piperidine rings is 1. The predicted octanol–water partition coefficient (Wildman–Crippen LogP) is 3.96. The van der Waals surface area contributed by atoms with Gasteiger partial charge in [-0.05, 0) is 81.0 Å². The van der Waals surface area contributed by atoms with Crippen molar-refractivity contribution in [3.63, 3.8) is 0 Å². The molecule has 2 aromatic carbocycles. The van der Waals surface area contributed by atoms with E-state index >= 15 is 0 Å². The Hall–Kier alpha value is -2.18. The van der Waals surface area contributed by atoms with Crippen molar-refractivity contribution in [3.05, 3.63) is 58.7 Å². The topological polar surface area (TPSA) is 66.5 Å². The second kappa shape index (κ2) is 8.05. The van der Waals surface area contributed by atoms with Crippen molar-refractivity contribution in [2.75, 3.05) is 18.4 Å². The molecule has 3 rings (SSSR count). The lowest BCUT2D eigenvalue weighted by molar-refractivity contribution is -0.120. The third-order valence-electron chi connectivity index (χ3n) is 5.59. The number of carbonyl (C=O) groups excluding carboxylic acids is 1. The van der Waals surface area contributed by atoms with Crippen molar-refractivity contribution in [1.82, 2.24) is 4.31 Å². The van der Waals surface area contributed by atoms with Crippen molar-refractivity contribution >= 4 is 21.6 Å². The number of aryl methyl sites for hydroxylation is 4. The largest absolute Gasteiger partial charge is 0.326 e. The third kappa shape index (κ3) is 4.28. The molecule has 28 heavy (non-hydrogen) atoms. The fourth-order valence-electron chi connectivity index (χ4n) is 3.49. The van der Waals surface area contributed by atoms with Crippen LogP contribution in [0.15, 0.2) is 41.3 Å². The van der Waals surface area contributed by atoms with Crippen molar-refractivity contribution in [1.29, 1.82) is 0 Å². The van der Waals surface area contributed by atoms with Crippen LogP contribution in [0.4, 0.5) is 5.69 Å². The Labute approximate surface area is 167 Å². The van der Waals surface area contributed by atoms with E-state index in [-0.39, 0.29) is 11.8 Å². The smallest absolute Gasteiger partial charge is 0.243 e. The second-order valence-electron chi connectivity index (χ2n) is 7.73. The van der Waals surface area contributed by atoms with E-state index < -0.39 is 10.0 Å². The number of nitrogens with zero attached hydrogens (tertiary/aromatic N) is 1. The summed E-state index contributed by atoms with van der Waals surface area (Å²) in [5, 5.41) is 3.01. The lowest BCUT2D eigenvalue weighted by Gasteiger charge is -2.30. The van der Waals surface area contributed by atoms with Gasteiger partial charge in [0.15, 0.2) is 0 Å². The maximum atomic E-state index is 12.9. The van der Waals surface area contributed by atoms with Crippen LogP contribution >= 0.6 is 0 Å². The monoisotopic (exact) mass is 400 g/mol. The summed E-state index contributed by atoms with van der Waals surface area (Å²) in [7, 11) is -3.52. The van der Waals surface area contributed by atoms with Crippen LogP contribution in [0.25, 0.3) is 0 Å². The maximum absolute atomic E-state index is 12.9. The zero-order valence-electron chi connectivity index (χ0n) is 17.0. The minimum atomic E-state index is -3.52. The molecule has 0 radical (unpaired) electrons. The van der Waals surface area contributed by atoms with Crippen LogP contribution in [-0.4, -0.2) is 31.7 Å². The first-order chi connectivity index (χ1) is 13.2. The highest BCUT2D eigenvalue weighted by Gasteiger charge is 2.32. The Kier molecular flexibility index (Phi) is 5.91. The summed E-state index contributed by atoms with van der Waals surface area (Å²) >= 11 is 0. The number of nitrogens with one attached hydrogen (secondary N) is 1. The first-order valence-electron chi connectivity index (χ1n) is 9.64. The summed E-state index contributed by atoms with van der Waals surface area (Å²) in [5.41, 5.74) is 4.98. The second-order valence-corrected chi connectivity index (χ2v) is 9.67. The van der Waals surface area contributed by atoms with Gasteiger partial charge in [0.1, 0.15) is 0 Å². The Morgan fingerprint density at radius 3 is 2.21 bits per heavy atom. The zero-order valence-corrected chi connectivity index (χ0v) is 17.8. The van der Waals surface area contributed by atoms with Crippen LogP contribution in [0.2, 0.25) is 0 Å². The van der Waals surface area contributed by atoms with Gasteiger partial charge in [-0.15, -0.1) is 0 Å². The Balaban J connectivity index is 1.65. The van der Waals surface area contributed by atoms with Gasteiger partial charge >= 0.3 is 0 Å². The van der Waals surface area contributed by atoms with Crippen LogP contribution in [0, 0.1) is 33.6 Å².